The molecule has 2 rings (SSSR count). The van der Waals surface area contributed by atoms with Gasteiger partial charge in [0.05, 0.1) is 4.90 Å². The zero-order chi connectivity index (χ0) is 14.8. The second kappa shape index (κ2) is 5.97. The summed E-state index contributed by atoms with van der Waals surface area (Å²) in [6, 6.07) is 7.25. The summed E-state index contributed by atoms with van der Waals surface area (Å²) in [5.41, 5.74) is 2.35. The Balaban J connectivity index is 2.07. The summed E-state index contributed by atoms with van der Waals surface area (Å²) in [7, 11) is -1.91. The molecule has 1 fully saturated rings. The lowest BCUT2D eigenvalue weighted by Gasteiger charge is -2.34. The molecule has 0 aromatic heterocycles. The number of likely N-dealkylation sites (tertiary alicyclic amines) is 1. The Morgan fingerprint density at radius 1 is 1.25 bits per heavy atom. The van der Waals surface area contributed by atoms with Crippen molar-refractivity contribution in [2.45, 2.75) is 30.6 Å². The van der Waals surface area contributed by atoms with Gasteiger partial charge in [0.2, 0.25) is 10.0 Å². The van der Waals surface area contributed by atoms with Crippen molar-refractivity contribution >= 4 is 10.0 Å². The fourth-order valence-corrected chi connectivity index (χ4v) is 3.36. The fourth-order valence-electron chi connectivity index (χ4n) is 2.63. The minimum absolute atomic E-state index is 0.322. The molecule has 0 spiro atoms. The Morgan fingerprint density at radius 2 is 1.80 bits per heavy atom. The van der Waals surface area contributed by atoms with Crippen molar-refractivity contribution in [3.05, 3.63) is 42.1 Å². The van der Waals surface area contributed by atoms with E-state index in [-0.39, 0.29) is 0 Å². The van der Waals surface area contributed by atoms with E-state index in [4.69, 9.17) is 0 Å². The third-order valence-corrected chi connectivity index (χ3v) is 5.40. The lowest BCUT2D eigenvalue weighted by molar-refractivity contribution is 0.264. The van der Waals surface area contributed by atoms with Gasteiger partial charge in [-0.15, -0.1) is 0 Å². The summed E-state index contributed by atoms with van der Waals surface area (Å²) in [4.78, 5) is 2.62. The van der Waals surface area contributed by atoms with E-state index < -0.39 is 10.0 Å². The first-order chi connectivity index (χ1) is 9.44. The van der Waals surface area contributed by atoms with Crippen LogP contribution in [0, 0.1) is 0 Å². The molecule has 1 aromatic rings. The molecule has 1 aliphatic rings. The van der Waals surface area contributed by atoms with E-state index in [1.807, 2.05) is 19.1 Å². The number of nitrogens with one attached hydrogen (secondary N) is 1. The predicted octanol–water partition coefficient (Wildman–Crippen LogP) is 2.31. The summed E-state index contributed by atoms with van der Waals surface area (Å²) in [6.07, 6.45) is 2.18. The largest absolute Gasteiger partial charge is 0.375 e. The summed E-state index contributed by atoms with van der Waals surface area (Å²) < 4.78 is 25.7. The van der Waals surface area contributed by atoms with Crippen molar-refractivity contribution in [3.8, 4) is 0 Å². The number of nitrogens with zero attached hydrogens (tertiary/aromatic N) is 1. The average molecular weight is 294 g/mol. The van der Waals surface area contributed by atoms with Crippen molar-refractivity contribution in [2.75, 3.05) is 20.1 Å². The topological polar surface area (TPSA) is 49.4 Å². The minimum Gasteiger partial charge on any atom is -0.375 e. The van der Waals surface area contributed by atoms with Gasteiger partial charge in [0.15, 0.2) is 0 Å². The first-order valence-corrected chi connectivity index (χ1v) is 8.36. The molecule has 110 valence electrons. The standard InChI is InChI=1S/C15H22N2O2S/c1-12(2)17-10-8-14(9-11-17)13-4-6-15(7-5-13)20(18,19)16-3/h4-7,14,16H,1,8-11H2,2-3H3. The number of hydrogen-bond acceptors (Lipinski definition) is 3. The summed E-state index contributed by atoms with van der Waals surface area (Å²) in [5, 5.41) is 0. The molecule has 0 amide bonds. The van der Waals surface area contributed by atoms with Crippen LogP contribution in [-0.4, -0.2) is 33.5 Å². The number of piperidine rings is 1. The molecule has 1 N–H and O–H groups in total. The van der Waals surface area contributed by atoms with Crippen molar-refractivity contribution in [1.29, 1.82) is 0 Å². The van der Waals surface area contributed by atoms with Crippen LogP contribution in [0.1, 0.15) is 31.2 Å². The van der Waals surface area contributed by atoms with Gasteiger partial charge in [0, 0.05) is 18.8 Å². The summed E-state index contributed by atoms with van der Waals surface area (Å²) in [5.74, 6) is 0.511. The van der Waals surface area contributed by atoms with Crippen molar-refractivity contribution < 1.29 is 8.42 Å². The number of hydrogen-bond donors (Lipinski definition) is 1. The quantitative estimate of drug-likeness (QED) is 0.927. The van der Waals surface area contributed by atoms with E-state index >= 15 is 0 Å². The van der Waals surface area contributed by atoms with Crippen LogP contribution in [0.5, 0.6) is 0 Å². The highest BCUT2D eigenvalue weighted by atomic mass is 32.2. The Bertz CT molecular complexity index is 570. The van der Waals surface area contributed by atoms with Crippen LogP contribution >= 0.6 is 0 Å². The fraction of sp³-hybridized carbons (Fsp3) is 0.467. The molecule has 0 radical (unpaired) electrons. The normalized spacial score (nSPS) is 17.2. The van der Waals surface area contributed by atoms with E-state index in [9.17, 15) is 8.42 Å². The SMILES string of the molecule is C=C(C)N1CCC(c2ccc(S(=O)(=O)NC)cc2)CC1. The molecule has 0 unspecified atom stereocenters. The van der Waals surface area contributed by atoms with E-state index in [2.05, 4.69) is 16.2 Å². The molecule has 0 atom stereocenters. The molecule has 1 aliphatic heterocycles. The first-order valence-electron chi connectivity index (χ1n) is 6.88. The van der Waals surface area contributed by atoms with Crippen LogP contribution < -0.4 is 4.72 Å². The second-order valence-corrected chi connectivity index (χ2v) is 7.16. The van der Waals surface area contributed by atoms with Gasteiger partial charge < -0.3 is 4.90 Å². The Hall–Kier alpha value is -1.33. The molecule has 5 heteroatoms. The third kappa shape index (κ3) is 3.22. The maximum absolute atomic E-state index is 11.7. The van der Waals surface area contributed by atoms with Crippen molar-refractivity contribution in [3.63, 3.8) is 0 Å². The molecule has 1 saturated heterocycles. The Morgan fingerprint density at radius 3 is 2.25 bits per heavy atom. The minimum atomic E-state index is -3.34. The van der Waals surface area contributed by atoms with Gasteiger partial charge in [-0.3, -0.25) is 0 Å². The zero-order valence-corrected chi connectivity index (χ0v) is 12.9. The maximum Gasteiger partial charge on any atom is 0.240 e. The maximum atomic E-state index is 11.7. The van der Waals surface area contributed by atoms with Crippen LogP contribution in [0.15, 0.2) is 41.4 Å². The molecule has 20 heavy (non-hydrogen) atoms. The first kappa shape index (κ1) is 15.1. The number of rotatable bonds is 4. The highest BCUT2D eigenvalue weighted by Crippen LogP contribution is 2.29. The summed E-state index contributed by atoms with van der Waals surface area (Å²) >= 11 is 0. The average Bonchev–Trinajstić information content (AvgIpc) is 2.47. The van der Waals surface area contributed by atoms with Crippen LogP contribution in [0.25, 0.3) is 0 Å². The van der Waals surface area contributed by atoms with Crippen LogP contribution in [0.3, 0.4) is 0 Å². The number of sulfonamides is 1. The van der Waals surface area contributed by atoms with Gasteiger partial charge in [-0.05, 0) is 50.4 Å². The van der Waals surface area contributed by atoms with Gasteiger partial charge in [0.25, 0.3) is 0 Å². The van der Waals surface area contributed by atoms with Crippen LogP contribution in [0.4, 0.5) is 0 Å². The highest BCUT2D eigenvalue weighted by Gasteiger charge is 2.20. The van der Waals surface area contributed by atoms with Crippen molar-refractivity contribution in [1.82, 2.24) is 9.62 Å². The number of allylic oxidation sites excluding steroid dienone is 1. The molecule has 1 aromatic carbocycles. The third-order valence-electron chi connectivity index (χ3n) is 3.97. The Kier molecular flexibility index (Phi) is 4.50. The lowest BCUT2D eigenvalue weighted by Crippen LogP contribution is -2.31. The second-order valence-electron chi connectivity index (χ2n) is 5.27. The van der Waals surface area contributed by atoms with Gasteiger partial charge in [0.1, 0.15) is 0 Å². The molecule has 0 aliphatic carbocycles. The van der Waals surface area contributed by atoms with E-state index in [1.54, 1.807) is 12.1 Å². The zero-order valence-electron chi connectivity index (χ0n) is 12.1. The molecule has 0 saturated carbocycles. The molecule has 0 bridgehead atoms. The molecule has 1 heterocycles. The monoisotopic (exact) mass is 294 g/mol. The molecular formula is C15H22N2O2S. The van der Waals surface area contributed by atoms with Crippen LogP contribution in [0.2, 0.25) is 0 Å². The lowest BCUT2D eigenvalue weighted by atomic mass is 9.89. The smallest absolute Gasteiger partial charge is 0.240 e. The van der Waals surface area contributed by atoms with E-state index in [0.29, 0.717) is 10.8 Å². The predicted molar refractivity (Wildman–Crippen MR) is 81.0 cm³/mol. The number of benzene rings is 1. The van der Waals surface area contributed by atoms with Crippen LogP contribution in [-0.2, 0) is 10.0 Å². The van der Waals surface area contributed by atoms with Crippen molar-refractivity contribution in [2.24, 2.45) is 0 Å². The Labute approximate surface area is 121 Å². The highest BCUT2D eigenvalue weighted by molar-refractivity contribution is 7.89. The molecular weight excluding hydrogens is 272 g/mol. The molecule has 4 nitrogen and oxygen atoms in total. The van der Waals surface area contributed by atoms with Gasteiger partial charge in [-0.2, -0.15) is 0 Å². The van der Waals surface area contributed by atoms with E-state index in [1.165, 1.54) is 12.6 Å². The van der Waals surface area contributed by atoms with Gasteiger partial charge in [-0.1, -0.05) is 18.7 Å². The van der Waals surface area contributed by atoms with Gasteiger partial charge in [-0.25, -0.2) is 13.1 Å². The van der Waals surface area contributed by atoms with E-state index in [0.717, 1.165) is 31.6 Å². The van der Waals surface area contributed by atoms with Gasteiger partial charge >= 0.3 is 0 Å². The summed E-state index contributed by atoms with van der Waals surface area (Å²) in [6.45, 7) is 8.07.